The predicted octanol–water partition coefficient (Wildman–Crippen LogP) is 3.43. The van der Waals surface area contributed by atoms with Crippen LogP contribution in [0.25, 0.3) is 0 Å². The zero-order valence-electron chi connectivity index (χ0n) is 14.8. The molecule has 0 fully saturated rings. The third-order valence-corrected chi connectivity index (χ3v) is 5.47. The van der Waals surface area contributed by atoms with E-state index >= 15 is 0 Å². The van der Waals surface area contributed by atoms with Gasteiger partial charge in [-0.05, 0) is 37.5 Å². The molecule has 5 nitrogen and oxygen atoms in total. The molecule has 25 heavy (non-hydrogen) atoms. The zero-order chi connectivity index (χ0) is 17.7. The van der Waals surface area contributed by atoms with Crippen LogP contribution in [-0.2, 0) is 6.42 Å². The Labute approximate surface area is 158 Å². The average Bonchev–Trinajstić information content (AvgIpc) is 3.15. The molecule has 1 aromatic heterocycles. The first-order valence-electron chi connectivity index (χ1n) is 8.49. The molecule has 2 N–H and O–H groups in total. The van der Waals surface area contributed by atoms with Gasteiger partial charge in [0.2, 0.25) is 0 Å². The van der Waals surface area contributed by atoms with Crippen LogP contribution in [0.15, 0.2) is 45.2 Å². The Morgan fingerprint density at radius 2 is 2.12 bits per heavy atom. The number of rotatable bonds is 10. The highest BCUT2D eigenvalue weighted by molar-refractivity contribution is 8.00. The first-order chi connectivity index (χ1) is 12.3. The summed E-state index contributed by atoms with van der Waals surface area (Å²) in [5, 5.41) is 8.70. The van der Waals surface area contributed by atoms with Gasteiger partial charge < -0.3 is 15.4 Å². The molecule has 0 radical (unpaired) electrons. The molecular weight excluding hydrogens is 352 g/mol. The van der Waals surface area contributed by atoms with Gasteiger partial charge in [0.05, 0.1) is 7.11 Å². The minimum absolute atomic E-state index is 0.816. The van der Waals surface area contributed by atoms with E-state index in [1.54, 1.807) is 30.2 Å². The highest BCUT2D eigenvalue weighted by Gasteiger charge is 1.99. The van der Waals surface area contributed by atoms with E-state index < -0.39 is 0 Å². The van der Waals surface area contributed by atoms with Gasteiger partial charge in [-0.3, -0.25) is 4.99 Å². The van der Waals surface area contributed by atoms with Crippen LogP contribution < -0.4 is 15.4 Å². The van der Waals surface area contributed by atoms with Crippen molar-refractivity contribution in [3.8, 4) is 5.75 Å². The third-order valence-electron chi connectivity index (χ3n) is 3.42. The van der Waals surface area contributed by atoms with E-state index in [-0.39, 0.29) is 0 Å². The van der Waals surface area contributed by atoms with Crippen LogP contribution in [0, 0.1) is 0 Å². The Hall–Kier alpha value is -1.73. The smallest absolute Gasteiger partial charge is 0.191 e. The standard InChI is InChI=1S/C18H26N4OS2/c1-3-19-17(20-10-4-13-24-18-22-12-14-25-18)21-11-9-15-5-7-16(23-2)8-6-15/h5-8,12,14H,3-4,9-11,13H2,1-2H3,(H2,19,20,21). The first kappa shape index (κ1) is 19.6. The van der Waals surface area contributed by atoms with E-state index in [2.05, 4.69) is 39.7 Å². The fourth-order valence-corrected chi connectivity index (χ4v) is 3.79. The molecule has 0 amide bonds. The number of hydrogen-bond donors (Lipinski definition) is 2. The van der Waals surface area contributed by atoms with Gasteiger partial charge in [-0.1, -0.05) is 23.9 Å². The zero-order valence-corrected chi connectivity index (χ0v) is 16.5. The van der Waals surface area contributed by atoms with Crippen LogP contribution in [0.4, 0.5) is 0 Å². The molecule has 136 valence electrons. The topological polar surface area (TPSA) is 58.5 Å². The number of aliphatic imine (C=N–C) groups is 1. The highest BCUT2D eigenvalue weighted by Crippen LogP contribution is 2.20. The number of nitrogens with one attached hydrogen (secondary N) is 2. The van der Waals surface area contributed by atoms with Crippen molar-refractivity contribution in [2.24, 2.45) is 4.99 Å². The molecule has 0 atom stereocenters. The summed E-state index contributed by atoms with van der Waals surface area (Å²) in [6, 6.07) is 8.18. The van der Waals surface area contributed by atoms with Crippen LogP contribution in [0.3, 0.4) is 0 Å². The predicted molar refractivity (Wildman–Crippen MR) is 108 cm³/mol. The number of thioether (sulfide) groups is 1. The van der Waals surface area contributed by atoms with Gasteiger partial charge in [-0.2, -0.15) is 0 Å². The van der Waals surface area contributed by atoms with Crippen molar-refractivity contribution in [1.82, 2.24) is 15.6 Å². The van der Waals surface area contributed by atoms with Gasteiger partial charge in [0, 0.05) is 37.0 Å². The quantitative estimate of drug-likeness (QED) is 0.287. The van der Waals surface area contributed by atoms with Crippen molar-refractivity contribution in [2.75, 3.05) is 32.5 Å². The maximum atomic E-state index is 5.18. The molecule has 0 aliphatic rings. The molecule has 0 saturated heterocycles. The molecule has 1 aromatic carbocycles. The van der Waals surface area contributed by atoms with Crippen molar-refractivity contribution >= 4 is 29.1 Å². The Kier molecular flexibility index (Phi) is 9.22. The maximum Gasteiger partial charge on any atom is 0.191 e. The molecule has 7 heteroatoms. The lowest BCUT2D eigenvalue weighted by Gasteiger charge is -2.11. The molecule has 0 bridgehead atoms. The van der Waals surface area contributed by atoms with E-state index in [0.717, 1.165) is 54.3 Å². The molecule has 2 aromatic rings. The van der Waals surface area contributed by atoms with Crippen LogP contribution in [-0.4, -0.2) is 43.4 Å². The lowest BCUT2D eigenvalue weighted by atomic mass is 10.1. The van der Waals surface area contributed by atoms with Gasteiger partial charge in [-0.25, -0.2) is 4.98 Å². The lowest BCUT2D eigenvalue weighted by Crippen LogP contribution is -2.38. The van der Waals surface area contributed by atoms with Gasteiger partial charge in [0.1, 0.15) is 10.1 Å². The van der Waals surface area contributed by atoms with E-state index in [0.29, 0.717) is 0 Å². The van der Waals surface area contributed by atoms with E-state index in [4.69, 9.17) is 4.74 Å². The summed E-state index contributed by atoms with van der Waals surface area (Å²) in [4.78, 5) is 8.91. The number of guanidine groups is 1. The molecule has 0 unspecified atom stereocenters. The average molecular weight is 379 g/mol. The first-order valence-corrected chi connectivity index (χ1v) is 10.4. The summed E-state index contributed by atoms with van der Waals surface area (Å²) in [6.07, 6.45) is 3.84. The number of thiazole rings is 1. The number of nitrogens with zero attached hydrogens (tertiary/aromatic N) is 2. The summed E-state index contributed by atoms with van der Waals surface area (Å²) < 4.78 is 6.31. The Balaban J connectivity index is 1.67. The summed E-state index contributed by atoms with van der Waals surface area (Å²) >= 11 is 3.49. The van der Waals surface area contributed by atoms with Crippen molar-refractivity contribution in [2.45, 2.75) is 24.1 Å². The van der Waals surface area contributed by atoms with E-state index in [1.165, 1.54) is 5.56 Å². The Morgan fingerprint density at radius 1 is 1.28 bits per heavy atom. The number of aromatic nitrogens is 1. The molecule has 0 saturated carbocycles. The highest BCUT2D eigenvalue weighted by atomic mass is 32.2. The summed E-state index contributed by atoms with van der Waals surface area (Å²) in [6.45, 7) is 4.61. The van der Waals surface area contributed by atoms with Crippen LogP contribution >= 0.6 is 23.1 Å². The van der Waals surface area contributed by atoms with E-state index in [1.807, 2.05) is 23.7 Å². The minimum Gasteiger partial charge on any atom is -0.497 e. The van der Waals surface area contributed by atoms with Crippen LogP contribution in [0.1, 0.15) is 18.9 Å². The maximum absolute atomic E-state index is 5.18. The molecule has 0 aliphatic carbocycles. The molecule has 0 aliphatic heterocycles. The Bertz CT molecular complexity index is 615. The van der Waals surface area contributed by atoms with E-state index in [9.17, 15) is 0 Å². The fourth-order valence-electron chi connectivity index (χ4n) is 2.16. The lowest BCUT2D eigenvalue weighted by molar-refractivity contribution is 0.414. The number of methoxy groups -OCH3 is 1. The van der Waals surface area contributed by atoms with Gasteiger partial charge in [0.25, 0.3) is 0 Å². The second-order valence-corrected chi connectivity index (χ2v) is 7.52. The summed E-state index contributed by atoms with van der Waals surface area (Å²) in [5.74, 6) is 2.82. The molecule has 2 rings (SSSR count). The van der Waals surface area contributed by atoms with Crippen molar-refractivity contribution in [3.05, 3.63) is 41.4 Å². The monoisotopic (exact) mass is 378 g/mol. The molecule has 0 spiro atoms. The number of benzene rings is 1. The second-order valence-electron chi connectivity index (χ2n) is 5.29. The number of hydrogen-bond acceptors (Lipinski definition) is 5. The van der Waals surface area contributed by atoms with Crippen molar-refractivity contribution in [3.63, 3.8) is 0 Å². The number of ether oxygens (including phenoxy) is 1. The normalized spacial score (nSPS) is 11.4. The van der Waals surface area contributed by atoms with Crippen molar-refractivity contribution in [1.29, 1.82) is 0 Å². The summed E-state index contributed by atoms with van der Waals surface area (Å²) in [5.41, 5.74) is 1.28. The van der Waals surface area contributed by atoms with Crippen LogP contribution in [0.2, 0.25) is 0 Å². The van der Waals surface area contributed by atoms with Gasteiger partial charge in [0.15, 0.2) is 5.96 Å². The largest absolute Gasteiger partial charge is 0.497 e. The fraction of sp³-hybridized carbons (Fsp3) is 0.444. The molecular formula is C18H26N4OS2. The van der Waals surface area contributed by atoms with Gasteiger partial charge >= 0.3 is 0 Å². The van der Waals surface area contributed by atoms with Crippen LogP contribution in [0.5, 0.6) is 5.75 Å². The third kappa shape index (κ3) is 7.79. The summed E-state index contributed by atoms with van der Waals surface area (Å²) in [7, 11) is 1.69. The minimum atomic E-state index is 0.816. The molecule has 1 heterocycles. The van der Waals surface area contributed by atoms with Crippen molar-refractivity contribution < 1.29 is 4.74 Å². The SMILES string of the molecule is CCNC(=NCCCSc1nccs1)NCCc1ccc(OC)cc1. The second kappa shape index (κ2) is 11.8. The van der Waals surface area contributed by atoms with Gasteiger partial charge in [-0.15, -0.1) is 11.3 Å². The Morgan fingerprint density at radius 3 is 2.80 bits per heavy atom.